The lowest BCUT2D eigenvalue weighted by Gasteiger charge is -2.24. The van der Waals surface area contributed by atoms with Gasteiger partial charge in [-0.05, 0) is 36.3 Å². The number of carbonyl (C=O) groups is 3. The summed E-state index contributed by atoms with van der Waals surface area (Å²) in [6.45, 7) is 3.92. The summed E-state index contributed by atoms with van der Waals surface area (Å²) >= 11 is 0. The third-order valence-electron chi connectivity index (χ3n) is 5.35. The van der Waals surface area contributed by atoms with Crippen LogP contribution in [0.4, 0.5) is 0 Å². The average molecular weight is 454 g/mol. The van der Waals surface area contributed by atoms with Gasteiger partial charge in [0.25, 0.3) is 0 Å². The van der Waals surface area contributed by atoms with Crippen LogP contribution in [0.5, 0.6) is 0 Å². The van der Waals surface area contributed by atoms with E-state index in [0.717, 1.165) is 11.1 Å². The molecule has 0 aliphatic rings. The fourth-order valence-electron chi connectivity index (χ4n) is 3.54. The quantitative estimate of drug-likeness (QED) is 0.428. The van der Waals surface area contributed by atoms with E-state index in [-0.39, 0.29) is 18.2 Å². The van der Waals surface area contributed by atoms with Crippen LogP contribution >= 0.6 is 0 Å². The zero-order valence-corrected chi connectivity index (χ0v) is 19.6. The molecule has 2 rings (SSSR count). The number of ether oxygens (including phenoxy) is 1. The Kier molecular flexibility index (Phi) is 10.6. The van der Waals surface area contributed by atoms with Gasteiger partial charge in [-0.1, -0.05) is 74.5 Å². The molecule has 0 heterocycles. The minimum Gasteiger partial charge on any atom is -0.467 e. The van der Waals surface area contributed by atoms with Crippen LogP contribution in [0.3, 0.4) is 0 Å². The summed E-state index contributed by atoms with van der Waals surface area (Å²) in [5, 5.41) is 5.54. The molecule has 0 aliphatic carbocycles. The van der Waals surface area contributed by atoms with Crippen LogP contribution in [0, 0.1) is 5.92 Å². The highest BCUT2D eigenvalue weighted by molar-refractivity contribution is 5.92. The van der Waals surface area contributed by atoms with E-state index in [0.29, 0.717) is 19.3 Å². The third kappa shape index (κ3) is 9.06. The van der Waals surface area contributed by atoms with E-state index in [9.17, 15) is 14.4 Å². The van der Waals surface area contributed by atoms with E-state index < -0.39 is 30.0 Å². The van der Waals surface area contributed by atoms with Crippen LogP contribution < -0.4 is 16.4 Å². The van der Waals surface area contributed by atoms with Crippen molar-refractivity contribution in [2.24, 2.45) is 11.7 Å². The van der Waals surface area contributed by atoms with E-state index in [4.69, 9.17) is 10.5 Å². The Hall–Kier alpha value is -3.19. The Bertz CT molecular complexity index is 887. The molecule has 2 aromatic carbocycles. The SMILES string of the molecule is COC(=O)[C@@H](Cc1ccccc1)NC(=O)[C@@H](CC(C)C)NC(=O)[C@H](N)CCc1ccccc1. The van der Waals surface area contributed by atoms with Gasteiger partial charge in [0.15, 0.2) is 0 Å². The number of amides is 2. The lowest BCUT2D eigenvalue weighted by atomic mass is 10.00. The number of nitrogens with two attached hydrogens (primary N) is 1. The molecule has 2 amide bonds. The number of nitrogens with one attached hydrogen (secondary N) is 2. The van der Waals surface area contributed by atoms with Crippen LogP contribution in [-0.2, 0) is 32.0 Å². The Balaban J connectivity index is 2.02. The van der Waals surface area contributed by atoms with Crippen LogP contribution in [-0.4, -0.2) is 43.0 Å². The zero-order valence-electron chi connectivity index (χ0n) is 19.6. The molecule has 7 nitrogen and oxygen atoms in total. The fourth-order valence-corrected chi connectivity index (χ4v) is 3.54. The smallest absolute Gasteiger partial charge is 0.328 e. The summed E-state index contributed by atoms with van der Waals surface area (Å²) in [5.74, 6) is -1.21. The minimum absolute atomic E-state index is 0.146. The molecule has 3 atom stereocenters. The Morgan fingerprint density at radius 3 is 1.94 bits per heavy atom. The minimum atomic E-state index is -0.858. The molecule has 0 bridgehead atoms. The maximum absolute atomic E-state index is 13.1. The molecule has 33 heavy (non-hydrogen) atoms. The van der Waals surface area contributed by atoms with Gasteiger partial charge in [0.05, 0.1) is 13.2 Å². The molecule has 0 saturated heterocycles. The van der Waals surface area contributed by atoms with Gasteiger partial charge < -0.3 is 21.1 Å². The lowest BCUT2D eigenvalue weighted by Crippen LogP contribution is -2.55. The highest BCUT2D eigenvalue weighted by Gasteiger charge is 2.29. The lowest BCUT2D eigenvalue weighted by molar-refractivity contribution is -0.145. The van der Waals surface area contributed by atoms with Crippen molar-refractivity contribution in [3.05, 3.63) is 71.8 Å². The van der Waals surface area contributed by atoms with Crippen molar-refractivity contribution in [2.45, 2.75) is 57.7 Å². The molecule has 4 N–H and O–H groups in total. The van der Waals surface area contributed by atoms with Gasteiger partial charge in [-0.25, -0.2) is 4.79 Å². The molecule has 178 valence electrons. The molecule has 0 aromatic heterocycles. The second-order valence-electron chi connectivity index (χ2n) is 8.60. The van der Waals surface area contributed by atoms with E-state index in [1.807, 2.05) is 74.5 Å². The summed E-state index contributed by atoms with van der Waals surface area (Å²) < 4.78 is 4.88. The number of esters is 1. The molecular weight excluding hydrogens is 418 g/mol. The normalized spacial score (nSPS) is 13.6. The third-order valence-corrected chi connectivity index (χ3v) is 5.35. The van der Waals surface area contributed by atoms with E-state index >= 15 is 0 Å². The Morgan fingerprint density at radius 1 is 0.848 bits per heavy atom. The van der Waals surface area contributed by atoms with Crippen LogP contribution in [0.1, 0.15) is 37.8 Å². The van der Waals surface area contributed by atoms with Crippen molar-refractivity contribution >= 4 is 17.8 Å². The van der Waals surface area contributed by atoms with Gasteiger partial charge in [0.1, 0.15) is 12.1 Å². The number of methoxy groups -OCH3 is 1. The molecule has 0 unspecified atom stereocenters. The largest absolute Gasteiger partial charge is 0.467 e. The summed E-state index contributed by atoms with van der Waals surface area (Å²) in [4.78, 5) is 38.1. The van der Waals surface area contributed by atoms with Gasteiger partial charge in [-0.2, -0.15) is 0 Å². The number of carbonyl (C=O) groups excluding carboxylic acids is 3. The van der Waals surface area contributed by atoms with Crippen LogP contribution in [0.2, 0.25) is 0 Å². The monoisotopic (exact) mass is 453 g/mol. The first-order valence-electron chi connectivity index (χ1n) is 11.3. The topological polar surface area (TPSA) is 111 Å². The average Bonchev–Trinajstić information content (AvgIpc) is 2.82. The maximum Gasteiger partial charge on any atom is 0.328 e. The van der Waals surface area contributed by atoms with Gasteiger partial charge >= 0.3 is 5.97 Å². The van der Waals surface area contributed by atoms with Crippen LogP contribution in [0.15, 0.2) is 60.7 Å². The van der Waals surface area contributed by atoms with E-state index in [1.54, 1.807) is 0 Å². The van der Waals surface area contributed by atoms with Crippen molar-refractivity contribution in [3.63, 3.8) is 0 Å². The van der Waals surface area contributed by atoms with Gasteiger partial charge in [0, 0.05) is 6.42 Å². The highest BCUT2D eigenvalue weighted by atomic mass is 16.5. The molecule has 0 fully saturated rings. The first-order valence-corrected chi connectivity index (χ1v) is 11.3. The summed E-state index contributed by atoms with van der Waals surface area (Å²) in [7, 11) is 1.28. The number of hydrogen-bond donors (Lipinski definition) is 3. The predicted octanol–water partition coefficient (Wildman–Crippen LogP) is 2.38. The van der Waals surface area contributed by atoms with Gasteiger partial charge in [-0.3, -0.25) is 9.59 Å². The highest BCUT2D eigenvalue weighted by Crippen LogP contribution is 2.10. The van der Waals surface area contributed by atoms with Crippen molar-refractivity contribution in [2.75, 3.05) is 7.11 Å². The van der Waals surface area contributed by atoms with Gasteiger partial charge in [-0.15, -0.1) is 0 Å². The summed E-state index contributed by atoms with van der Waals surface area (Å²) in [6.07, 6.45) is 1.84. The molecule has 0 aliphatic heterocycles. The molecule has 0 saturated carbocycles. The Morgan fingerprint density at radius 2 is 1.39 bits per heavy atom. The molecule has 2 aromatic rings. The van der Waals surface area contributed by atoms with Crippen molar-refractivity contribution in [1.29, 1.82) is 0 Å². The Labute approximate surface area is 196 Å². The number of benzene rings is 2. The number of hydrogen-bond acceptors (Lipinski definition) is 5. The summed E-state index contributed by atoms with van der Waals surface area (Å²) in [6, 6.07) is 16.7. The number of rotatable bonds is 12. The predicted molar refractivity (Wildman–Crippen MR) is 128 cm³/mol. The first kappa shape index (κ1) is 26.1. The second kappa shape index (κ2) is 13.4. The standard InChI is InChI=1S/C26H35N3O4/c1-18(2)16-22(28-24(30)21(27)15-14-19-10-6-4-7-11-19)25(31)29-23(26(32)33-3)17-20-12-8-5-9-13-20/h4-13,18,21-23H,14-17,27H2,1-3H3,(H,28,30)(H,29,31)/t21-,22-,23-/m1/s1. The van der Waals surface area contributed by atoms with Crippen molar-refractivity contribution < 1.29 is 19.1 Å². The molecule has 0 spiro atoms. The molecule has 0 radical (unpaired) electrons. The molecule has 7 heteroatoms. The summed E-state index contributed by atoms with van der Waals surface area (Å²) in [5.41, 5.74) is 8.09. The zero-order chi connectivity index (χ0) is 24.2. The molecular formula is C26H35N3O4. The van der Waals surface area contributed by atoms with E-state index in [2.05, 4.69) is 10.6 Å². The maximum atomic E-state index is 13.1. The first-order chi connectivity index (χ1) is 15.8. The van der Waals surface area contributed by atoms with Gasteiger partial charge in [0.2, 0.25) is 11.8 Å². The van der Waals surface area contributed by atoms with Crippen molar-refractivity contribution in [1.82, 2.24) is 10.6 Å². The second-order valence-corrected chi connectivity index (χ2v) is 8.60. The van der Waals surface area contributed by atoms with Crippen molar-refractivity contribution in [3.8, 4) is 0 Å². The number of aryl methyl sites for hydroxylation is 1. The van der Waals surface area contributed by atoms with Crippen LogP contribution in [0.25, 0.3) is 0 Å². The fraction of sp³-hybridized carbons (Fsp3) is 0.423. The van der Waals surface area contributed by atoms with E-state index in [1.165, 1.54) is 7.11 Å².